The summed E-state index contributed by atoms with van der Waals surface area (Å²) in [5.74, 6) is 0.729. The van der Waals surface area contributed by atoms with Gasteiger partial charge in [-0.3, -0.25) is 4.79 Å². The number of ether oxygens (including phenoxy) is 1. The van der Waals surface area contributed by atoms with Crippen LogP contribution in [-0.2, 0) is 17.6 Å². The van der Waals surface area contributed by atoms with Gasteiger partial charge in [0.15, 0.2) is 6.10 Å². The summed E-state index contributed by atoms with van der Waals surface area (Å²) in [7, 11) is 0. The Balaban J connectivity index is 1.75. The fourth-order valence-corrected chi connectivity index (χ4v) is 2.67. The lowest BCUT2D eigenvalue weighted by Gasteiger charge is -2.17. The molecule has 0 saturated heterocycles. The lowest BCUT2D eigenvalue weighted by molar-refractivity contribution is -0.127. The maximum absolute atomic E-state index is 12.2. The van der Waals surface area contributed by atoms with Crippen molar-refractivity contribution in [2.24, 2.45) is 0 Å². The molecule has 3 nitrogen and oxygen atoms in total. The SMILES string of the molecule is CCc1ccccc1O[C@H](C)C(=O)NCCCc1cccc(C)c1. The molecule has 1 N–H and O–H groups in total. The van der Waals surface area contributed by atoms with E-state index in [1.807, 2.05) is 24.3 Å². The fraction of sp³-hybridized carbons (Fsp3) is 0.381. The molecular formula is C21H27NO2. The first-order chi connectivity index (χ1) is 11.6. The van der Waals surface area contributed by atoms with Gasteiger partial charge in [0.05, 0.1) is 0 Å². The van der Waals surface area contributed by atoms with Crippen molar-refractivity contribution < 1.29 is 9.53 Å². The highest BCUT2D eigenvalue weighted by atomic mass is 16.5. The molecule has 0 bridgehead atoms. The first-order valence-electron chi connectivity index (χ1n) is 8.68. The topological polar surface area (TPSA) is 38.3 Å². The van der Waals surface area contributed by atoms with Gasteiger partial charge < -0.3 is 10.1 Å². The van der Waals surface area contributed by atoms with Gasteiger partial charge in [-0.05, 0) is 50.3 Å². The molecule has 0 radical (unpaired) electrons. The highest BCUT2D eigenvalue weighted by Gasteiger charge is 2.15. The third-order valence-electron chi connectivity index (χ3n) is 4.05. The minimum atomic E-state index is -0.489. The summed E-state index contributed by atoms with van der Waals surface area (Å²) in [5.41, 5.74) is 3.70. The van der Waals surface area contributed by atoms with E-state index in [9.17, 15) is 4.79 Å². The molecule has 2 aromatic carbocycles. The van der Waals surface area contributed by atoms with Crippen molar-refractivity contribution in [1.82, 2.24) is 5.32 Å². The predicted molar refractivity (Wildman–Crippen MR) is 98.4 cm³/mol. The smallest absolute Gasteiger partial charge is 0.260 e. The quantitative estimate of drug-likeness (QED) is 0.743. The van der Waals surface area contributed by atoms with E-state index >= 15 is 0 Å². The second-order valence-corrected chi connectivity index (χ2v) is 6.10. The molecule has 0 unspecified atom stereocenters. The fourth-order valence-electron chi connectivity index (χ4n) is 2.67. The van der Waals surface area contributed by atoms with Crippen LogP contribution in [0.2, 0.25) is 0 Å². The number of carbonyl (C=O) groups excluding carboxylic acids is 1. The highest BCUT2D eigenvalue weighted by Crippen LogP contribution is 2.19. The molecule has 0 fully saturated rings. The monoisotopic (exact) mass is 325 g/mol. The number of nitrogens with one attached hydrogen (secondary N) is 1. The molecule has 24 heavy (non-hydrogen) atoms. The van der Waals surface area contributed by atoms with Gasteiger partial charge in [0.1, 0.15) is 5.75 Å². The average molecular weight is 325 g/mol. The van der Waals surface area contributed by atoms with Gasteiger partial charge in [-0.2, -0.15) is 0 Å². The van der Waals surface area contributed by atoms with Crippen LogP contribution in [0.25, 0.3) is 0 Å². The predicted octanol–water partition coefficient (Wildman–Crippen LogP) is 4.07. The first-order valence-corrected chi connectivity index (χ1v) is 8.68. The summed E-state index contributed by atoms with van der Waals surface area (Å²) in [6, 6.07) is 16.4. The molecule has 0 aliphatic carbocycles. The zero-order valence-electron chi connectivity index (χ0n) is 14.8. The second-order valence-electron chi connectivity index (χ2n) is 6.10. The van der Waals surface area contributed by atoms with Crippen LogP contribution in [0.3, 0.4) is 0 Å². The molecule has 0 saturated carbocycles. The summed E-state index contributed by atoms with van der Waals surface area (Å²) < 4.78 is 5.82. The second kappa shape index (κ2) is 9.11. The van der Waals surface area contributed by atoms with E-state index in [0.29, 0.717) is 6.54 Å². The molecule has 128 valence electrons. The zero-order valence-corrected chi connectivity index (χ0v) is 14.8. The van der Waals surface area contributed by atoms with Gasteiger partial charge >= 0.3 is 0 Å². The Morgan fingerprint density at radius 1 is 1.17 bits per heavy atom. The van der Waals surface area contributed by atoms with Gasteiger partial charge in [-0.15, -0.1) is 0 Å². The van der Waals surface area contributed by atoms with E-state index in [2.05, 4.69) is 43.4 Å². The van der Waals surface area contributed by atoms with Gasteiger partial charge in [0, 0.05) is 6.54 Å². The summed E-state index contributed by atoms with van der Waals surface area (Å²) in [6.07, 6.45) is 2.29. The average Bonchev–Trinajstić information content (AvgIpc) is 2.59. The molecule has 1 amide bonds. The molecule has 3 heteroatoms. The number of carbonyl (C=O) groups is 1. The van der Waals surface area contributed by atoms with Crippen LogP contribution in [0.15, 0.2) is 48.5 Å². The molecule has 0 aliphatic rings. The maximum Gasteiger partial charge on any atom is 0.260 e. The van der Waals surface area contributed by atoms with E-state index in [-0.39, 0.29) is 5.91 Å². The lowest BCUT2D eigenvalue weighted by Crippen LogP contribution is -2.37. The molecule has 0 aliphatic heterocycles. The number of amides is 1. The van der Waals surface area contributed by atoms with Crippen molar-refractivity contribution in [2.75, 3.05) is 6.54 Å². The highest BCUT2D eigenvalue weighted by molar-refractivity contribution is 5.80. The Kier molecular flexibility index (Phi) is 6.86. The van der Waals surface area contributed by atoms with Crippen molar-refractivity contribution in [2.45, 2.75) is 46.1 Å². The number of hydrogen-bond donors (Lipinski definition) is 1. The van der Waals surface area contributed by atoms with Crippen LogP contribution >= 0.6 is 0 Å². The van der Waals surface area contributed by atoms with Crippen LogP contribution in [-0.4, -0.2) is 18.6 Å². The third-order valence-corrected chi connectivity index (χ3v) is 4.05. The van der Waals surface area contributed by atoms with E-state index in [4.69, 9.17) is 4.74 Å². The van der Waals surface area contributed by atoms with Crippen LogP contribution in [0.4, 0.5) is 0 Å². The first kappa shape index (κ1) is 18.1. The minimum Gasteiger partial charge on any atom is -0.481 e. The normalized spacial score (nSPS) is 11.8. The molecule has 2 aromatic rings. The zero-order chi connectivity index (χ0) is 17.4. The molecular weight excluding hydrogens is 298 g/mol. The van der Waals surface area contributed by atoms with Crippen LogP contribution < -0.4 is 10.1 Å². The van der Waals surface area contributed by atoms with Crippen molar-refractivity contribution in [3.8, 4) is 5.75 Å². The lowest BCUT2D eigenvalue weighted by atomic mass is 10.1. The van der Waals surface area contributed by atoms with Crippen LogP contribution in [0.1, 0.15) is 37.0 Å². The number of hydrogen-bond acceptors (Lipinski definition) is 2. The van der Waals surface area contributed by atoms with Crippen LogP contribution in [0.5, 0.6) is 5.75 Å². The summed E-state index contributed by atoms with van der Waals surface area (Å²) >= 11 is 0. The van der Waals surface area contributed by atoms with E-state index < -0.39 is 6.10 Å². The van der Waals surface area contributed by atoms with Crippen molar-refractivity contribution in [1.29, 1.82) is 0 Å². The molecule has 0 aromatic heterocycles. The Morgan fingerprint density at radius 2 is 1.96 bits per heavy atom. The van der Waals surface area contributed by atoms with Crippen molar-refractivity contribution >= 4 is 5.91 Å². The molecule has 0 heterocycles. The van der Waals surface area contributed by atoms with Crippen molar-refractivity contribution in [3.05, 3.63) is 65.2 Å². The largest absolute Gasteiger partial charge is 0.481 e. The summed E-state index contributed by atoms with van der Waals surface area (Å²) in [6.45, 7) is 6.63. The van der Waals surface area contributed by atoms with Crippen molar-refractivity contribution in [3.63, 3.8) is 0 Å². The Labute approximate surface area is 145 Å². The third kappa shape index (κ3) is 5.41. The van der Waals surface area contributed by atoms with Gasteiger partial charge in [0.25, 0.3) is 5.91 Å². The van der Waals surface area contributed by atoms with E-state index in [1.54, 1.807) is 6.92 Å². The maximum atomic E-state index is 12.2. The Hall–Kier alpha value is -2.29. The van der Waals surface area contributed by atoms with E-state index in [1.165, 1.54) is 11.1 Å². The number of para-hydroxylation sites is 1. The summed E-state index contributed by atoms with van der Waals surface area (Å²) in [4.78, 5) is 12.2. The molecule has 1 atom stereocenters. The van der Waals surface area contributed by atoms with Gasteiger partial charge in [-0.25, -0.2) is 0 Å². The number of aryl methyl sites for hydroxylation is 3. The Bertz CT molecular complexity index is 666. The standard InChI is InChI=1S/C21H27NO2/c1-4-19-12-5-6-13-20(19)24-17(3)21(23)22-14-8-11-18-10-7-9-16(2)15-18/h5-7,9-10,12-13,15,17H,4,8,11,14H2,1-3H3,(H,22,23)/t17-/m1/s1. The van der Waals surface area contributed by atoms with Gasteiger partial charge in [0.2, 0.25) is 0 Å². The molecule has 0 spiro atoms. The summed E-state index contributed by atoms with van der Waals surface area (Å²) in [5, 5.41) is 2.96. The Morgan fingerprint density at radius 3 is 2.71 bits per heavy atom. The number of rotatable bonds is 8. The van der Waals surface area contributed by atoms with Gasteiger partial charge in [-0.1, -0.05) is 55.0 Å². The number of benzene rings is 2. The van der Waals surface area contributed by atoms with E-state index in [0.717, 1.165) is 30.6 Å². The minimum absolute atomic E-state index is 0.0647. The van der Waals surface area contributed by atoms with Crippen LogP contribution in [0, 0.1) is 6.92 Å². The molecule has 2 rings (SSSR count).